The van der Waals surface area contributed by atoms with Crippen molar-refractivity contribution >= 4 is 39.1 Å². The van der Waals surface area contributed by atoms with Gasteiger partial charge in [-0.25, -0.2) is 4.39 Å². The minimum absolute atomic E-state index is 0.105. The zero-order chi connectivity index (χ0) is 14.7. The Morgan fingerprint density at radius 3 is 2.75 bits per heavy atom. The Hall–Kier alpha value is -1.39. The van der Waals surface area contributed by atoms with Gasteiger partial charge in [0.25, 0.3) is 0 Å². The summed E-state index contributed by atoms with van der Waals surface area (Å²) < 4.78 is 14.4. The number of benzene rings is 2. The number of nitrogens with one attached hydrogen (secondary N) is 1. The van der Waals surface area contributed by atoms with Gasteiger partial charge in [-0.3, -0.25) is 4.79 Å². The second-order valence-electron chi connectivity index (χ2n) is 4.41. The van der Waals surface area contributed by atoms with E-state index in [-0.39, 0.29) is 22.9 Å². The van der Waals surface area contributed by atoms with Gasteiger partial charge in [0.1, 0.15) is 5.82 Å². The molecule has 2 rings (SSSR count). The Labute approximate surface area is 130 Å². The molecule has 1 N–H and O–H groups in total. The first-order chi connectivity index (χ1) is 9.47. The predicted molar refractivity (Wildman–Crippen MR) is 82.6 cm³/mol. The molecule has 2 aromatic carbocycles. The molecule has 0 atom stereocenters. The molecule has 0 saturated carbocycles. The maximum absolute atomic E-state index is 13.6. The lowest BCUT2D eigenvalue weighted by molar-refractivity contribution is -0.115. The third-order valence-electron chi connectivity index (χ3n) is 2.80. The molecule has 0 unspecified atom stereocenters. The van der Waals surface area contributed by atoms with Crippen LogP contribution in [0.2, 0.25) is 5.02 Å². The van der Waals surface area contributed by atoms with Crippen LogP contribution in [0.1, 0.15) is 11.1 Å². The Morgan fingerprint density at radius 1 is 1.35 bits per heavy atom. The molecule has 0 aliphatic carbocycles. The zero-order valence-corrected chi connectivity index (χ0v) is 13.1. The van der Waals surface area contributed by atoms with E-state index in [9.17, 15) is 9.18 Å². The number of carbonyl (C=O) groups is 1. The van der Waals surface area contributed by atoms with Crippen molar-refractivity contribution in [3.8, 4) is 0 Å². The van der Waals surface area contributed by atoms with Crippen LogP contribution >= 0.6 is 27.5 Å². The topological polar surface area (TPSA) is 29.1 Å². The summed E-state index contributed by atoms with van der Waals surface area (Å²) >= 11 is 9.27. The highest BCUT2D eigenvalue weighted by Gasteiger charge is 2.13. The lowest BCUT2D eigenvalue weighted by Crippen LogP contribution is -2.15. The molecule has 0 bridgehead atoms. The second-order valence-corrected chi connectivity index (χ2v) is 5.67. The van der Waals surface area contributed by atoms with Crippen LogP contribution in [-0.4, -0.2) is 5.91 Å². The van der Waals surface area contributed by atoms with E-state index in [4.69, 9.17) is 11.6 Å². The zero-order valence-electron chi connectivity index (χ0n) is 10.7. The first-order valence-corrected chi connectivity index (χ1v) is 7.13. The molecule has 5 heteroatoms. The molecule has 0 aliphatic rings. The van der Waals surface area contributed by atoms with Crippen LogP contribution in [0.3, 0.4) is 0 Å². The fraction of sp³-hybridized carbons (Fsp3) is 0.133. The van der Waals surface area contributed by atoms with Gasteiger partial charge in [0.15, 0.2) is 0 Å². The maximum atomic E-state index is 13.6. The van der Waals surface area contributed by atoms with Gasteiger partial charge in [0.05, 0.1) is 12.1 Å². The van der Waals surface area contributed by atoms with Crippen molar-refractivity contribution in [1.82, 2.24) is 0 Å². The lowest BCUT2D eigenvalue weighted by atomic mass is 10.1. The minimum Gasteiger partial charge on any atom is -0.325 e. The van der Waals surface area contributed by atoms with E-state index >= 15 is 0 Å². The Morgan fingerprint density at radius 2 is 2.10 bits per heavy atom. The molecule has 0 heterocycles. The SMILES string of the molecule is Cc1ccc(NC(=O)Cc2c(F)cccc2Cl)c(Br)c1. The average Bonchev–Trinajstić information content (AvgIpc) is 2.37. The normalized spacial score (nSPS) is 10.4. The van der Waals surface area contributed by atoms with Gasteiger partial charge >= 0.3 is 0 Å². The Balaban J connectivity index is 2.13. The molecular weight excluding hydrogens is 345 g/mol. The van der Waals surface area contributed by atoms with E-state index < -0.39 is 5.82 Å². The van der Waals surface area contributed by atoms with Crippen molar-refractivity contribution in [1.29, 1.82) is 0 Å². The van der Waals surface area contributed by atoms with Gasteiger partial charge in [-0.2, -0.15) is 0 Å². The number of halogens is 3. The first-order valence-electron chi connectivity index (χ1n) is 5.96. The lowest BCUT2D eigenvalue weighted by Gasteiger charge is -2.09. The van der Waals surface area contributed by atoms with Crippen LogP contribution in [0.25, 0.3) is 0 Å². The fourth-order valence-electron chi connectivity index (χ4n) is 1.78. The van der Waals surface area contributed by atoms with Crippen molar-refractivity contribution in [2.75, 3.05) is 5.32 Å². The number of anilines is 1. The summed E-state index contributed by atoms with van der Waals surface area (Å²) in [6, 6.07) is 9.93. The highest BCUT2D eigenvalue weighted by molar-refractivity contribution is 9.10. The van der Waals surface area contributed by atoms with Gasteiger partial charge in [-0.1, -0.05) is 23.7 Å². The van der Waals surface area contributed by atoms with E-state index in [1.165, 1.54) is 12.1 Å². The van der Waals surface area contributed by atoms with Gasteiger partial charge in [-0.15, -0.1) is 0 Å². The number of hydrogen-bond acceptors (Lipinski definition) is 1. The third kappa shape index (κ3) is 3.58. The van der Waals surface area contributed by atoms with E-state index in [0.717, 1.165) is 10.0 Å². The molecule has 20 heavy (non-hydrogen) atoms. The molecule has 0 radical (unpaired) electrons. The van der Waals surface area contributed by atoms with Gasteiger partial charge in [-0.05, 0) is 52.7 Å². The number of hydrogen-bond donors (Lipinski definition) is 1. The number of carbonyl (C=O) groups excluding carboxylic acids is 1. The maximum Gasteiger partial charge on any atom is 0.228 e. The monoisotopic (exact) mass is 355 g/mol. The molecule has 1 amide bonds. The van der Waals surface area contributed by atoms with Crippen LogP contribution in [-0.2, 0) is 11.2 Å². The smallest absolute Gasteiger partial charge is 0.228 e. The van der Waals surface area contributed by atoms with Crippen LogP contribution in [0.15, 0.2) is 40.9 Å². The van der Waals surface area contributed by atoms with Crippen LogP contribution in [0.4, 0.5) is 10.1 Å². The standard InChI is InChI=1S/C15H12BrClFNO/c1-9-5-6-14(11(16)7-9)19-15(20)8-10-12(17)3-2-4-13(10)18/h2-7H,8H2,1H3,(H,19,20). The van der Waals surface area contributed by atoms with Crippen molar-refractivity contribution in [2.24, 2.45) is 0 Å². The molecule has 2 nitrogen and oxygen atoms in total. The summed E-state index contributed by atoms with van der Waals surface area (Å²) in [6.07, 6.45) is -0.105. The first kappa shape index (κ1) is 15.0. The van der Waals surface area contributed by atoms with Gasteiger partial charge < -0.3 is 5.32 Å². The fourth-order valence-corrected chi connectivity index (χ4v) is 2.60. The molecule has 0 aromatic heterocycles. The molecule has 0 fully saturated rings. The number of amides is 1. The molecule has 0 aliphatic heterocycles. The summed E-state index contributed by atoms with van der Waals surface area (Å²) in [4.78, 5) is 12.0. The number of aryl methyl sites for hydroxylation is 1. The highest BCUT2D eigenvalue weighted by atomic mass is 79.9. The van der Waals surface area contributed by atoms with Crippen LogP contribution in [0, 0.1) is 12.7 Å². The average molecular weight is 357 g/mol. The second kappa shape index (κ2) is 6.37. The van der Waals surface area contributed by atoms with E-state index in [2.05, 4.69) is 21.2 Å². The quantitative estimate of drug-likeness (QED) is 0.846. The molecular formula is C15H12BrClFNO. The summed E-state index contributed by atoms with van der Waals surface area (Å²) in [5.74, 6) is -0.794. The predicted octanol–water partition coefficient (Wildman–Crippen LogP) is 4.73. The molecule has 104 valence electrons. The Kier molecular flexibility index (Phi) is 4.78. The largest absolute Gasteiger partial charge is 0.325 e. The van der Waals surface area contributed by atoms with Crippen molar-refractivity contribution in [2.45, 2.75) is 13.3 Å². The summed E-state index contributed by atoms with van der Waals surface area (Å²) in [5.41, 5.74) is 1.93. The van der Waals surface area contributed by atoms with E-state index in [0.29, 0.717) is 5.69 Å². The summed E-state index contributed by atoms with van der Waals surface area (Å²) in [7, 11) is 0. The summed E-state index contributed by atoms with van der Waals surface area (Å²) in [5, 5.41) is 2.98. The molecule has 2 aromatic rings. The molecule has 0 spiro atoms. The van der Waals surface area contributed by atoms with Gasteiger partial charge in [0.2, 0.25) is 5.91 Å². The van der Waals surface area contributed by atoms with E-state index in [1.807, 2.05) is 19.1 Å². The number of rotatable bonds is 3. The highest BCUT2D eigenvalue weighted by Crippen LogP contribution is 2.24. The Bertz CT molecular complexity index is 640. The van der Waals surface area contributed by atoms with Gasteiger partial charge in [0, 0.05) is 15.1 Å². The third-order valence-corrected chi connectivity index (χ3v) is 3.81. The van der Waals surface area contributed by atoms with Crippen molar-refractivity contribution < 1.29 is 9.18 Å². The minimum atomic E-state index is -0.476. The van der Waals surface area contributed by atoms with Crippen LogP contribution < -0.4 is 5.32 Å². The van der Waals surface area contributed by atoms with E-state index in [1.54, 1.807) is 12.1 Å². The van der Waals surface area contributed by atoms with Crippen LogP contribution in [0.5, 0.6) is 0 Å². The van der Waals surface area contributed by atoms with Crippen molar-refractivity contribution in [3.63, 3.8) is 0 Å². The summed E-state index contributed by atoms with van der Waals surface area (Å²) in [6.45, 7) is 1.95. The van der Waals surface area contributed by atoms with Crippen molar-refractivity contribution in [3.05, 3.63) is 62.8 Å². The molecule has 0 saturated heterocycles.